The van der Waals surface area contributed by atoms with Crippen LogP contribution in [-0.2, 0) is 16.9 Å². The van der Waals surface area contributed by atoms with E-state index in [1.165, 1.54) is 0 Å². The molecule has 2 aliphatic heterocycles. The predicted octanol–water partition coefficient (Wildman–Crippen LogP) is 1.87. The molecular formula is C23H25N2O4-. The monoisotopic (exact) mass is 393 g/mol. The van der Waals surface area contributed by atoms with Gasteiger partial charge in [-0.25, -0.2) is 0 Å². The molecule has 3 atom stereocenters. The number of fused-ring (bicyclic) bond motifs is 1. The normalized spacial score (nSPS) is 26.7. The van der Waals surface area contributed by atoms with Crippen molar-refractivity contribution in [2.45, 2.75) is 49.9 Å². The molecule has 6 heteroatoms. The van der Waals surface area contributed by atoms with E-state index in [0.717, 1.165) is 23.3 Å². The minimum Gasteiger partial charge on any atom is -0.530 e. The highest BCUT2D eigenvalue weighted by molar-refractivity contribution is 5.86. The fraction of sp³-hybridized carbons (Fsp3) is 0.391. The van der Waals surface area contributed by atoms with Crippen LogP contribution in [0.15, 0.2) is 60.7 Å². The molecule has 1 N–H and O–H groups in total. The number of carbonyl (C=O) groups is 2. The van der Waals surface area contributed by atoms with Gasteiger partial charge in [0.05, 0.1) is 6.04 Å². The Hall–Kier alpha value is -2.86. The quantitative estimate of drug-likeness (QED) is 0.860. The van der Waals surface area contributed by atoms with Crippen LogP contribution in [0.3, 0.4) is 0 Å². The summed E-state index contributed by atoms with van der Waals surface area (Å²) in [6.45, 7) is 0.574. The lowest BCUT2D eigenvalue weighted by molar-refractivity contribution is -0.271. The summed E-state index contributed by atoms with van der Waals surface area (Å²) >= 11 is 0. The molecule has 0 aliphatic carbocycles. The van der Waals surface area contributed by atoms with E-state index in [4.69, 9.17) is 0 Å². The van der Waals surface area contributed by atoms with Gasteiger partial charge < -0.3 is 24.8 Å². The number of amides is 2. The number of aliphatic hydroxyl groups is 1. The van der Waals surface area contributed by atoms with Crippen LogP contribution in [0.1, 0.15) is 36.8 Å². The van der Waals surface area contributed by atoms with Crippen LogP contribution in [0.4, 0.5) is 4.79 Å². The van der Waals surface area contributed by atoms with E-state index in [2.05, 4.69) is 0 Å². The zero-order chi connectivity index (χ0) is 20.4. The second kappa shape index (κ2) is 7.87. The number of piperidine rings is 2. The summed E-state index contributed by atoms with van der Waals surface area (Å²) in [5.74, 6) is -0.240. The first-order chi connectivity index (χ1) is 14.0. The smallest absolute Gasteiger partial charge is 0.245 e. The van der Waals surface area contributed by atoms with Crippen molar-refractivity contribution in [3.05, 3.63) is 71.8 Å². The van der Waals surface area contributed by atoms with Gasteiger partial charge in [-0.3, -0.25) is 4.79 Å². The van der Waals surface area contributed by atoms with Crippen molar-refractivity contribution in [3.8, 4) is 0 Å². The maximum Gasteiger partial charge on any atom is 0.245 e. The van der Waals surface area contributed by atoms with E-state index in [1.54, 1.807) is 4.90 Å². The molecule has 2 saturated heterocycles. The topological polar surface area (TPSA) is 83.9 Å². The Kier molecular flexibility index (Phi) is 5.28. The molecule has 2 aromatic carbocycles. The standard InChI is InChI=1S/C23H26N2O4/c26-21-19(25(22(27)28)16-17-9-3-1-4-10-17)15-23(29,18-11-5-2-6-12-18)20-13-7-8-14-24(20)21/h1-6,9-12,19-20,29H,7-8,13-16H2,(H,27,28)/p-1. The third kappa shape index (κ3) is 3.60. The molecule has 152 valence electrons. The predicted molar refractivity (Wildman–Crippen MR) is 105 cm³/mol. The average Bonchev–Trinajstić information content (AvgIpc) is 2.76. The molecule has 2 aromatic rings. The van der Waals surface area contributed by atoms with Crippen molar-refractivity contribution in [2.24, 2.45) is 0 Å². The van der Waals surface area contributed by atoms with E-state index in [9.17, 15) is 19.8 Å². The summed E-state index contributed by atoms with van der Waals surface area (Å²) in [6, 6.07) is 17.1. The average molecular weight is 393 g/mol. The van der Waals surface area contributed by atoms with E-state index in [-0.39, 0.29) is 24.9 Å². The molecule has 2 heterocycles. The van der Waals surface area contributed by atoms with Gasteiger partial charge in [0.15, 0.2) is 0 Å². The lowest BCUT2D eigenvalue weighted by Gasteiger charge is -2.53. The van der Waals surface area contributed by atoms with Gasteiger partial charge in [0.25, 0.3) is 0 Å². The Labute approximate surface area is 170 Å². The summed E-state index contributed by atoms with van der Waals surface area (Å²) in [7, 11) is 0. The van der Waals surface area contributed by atoms with Gasteiger partial charge in [0.2, 0.25) is 5.91 Å². The van der Waals surface area contributed by atoms with Crippen molar-refractivity contribution in [3.63, 3.8) is 0 Å². The molecule has 2 amide bonds. The van der Waals surface area contributed by atoms with Gasteiger partial charge in [0.1, 0.15) is 17.7 Å². The maximum absolute atomic E-state index is 13.3. The first-order valence-corrected chi connectivity index (χ1v) is 10.1. The molecule has 2 aliphatic rings. The van der Waals surface area contributed by atoms with Crippen molar-refractivity contribution < 1.29 is 19.8 Å². The molecule has 6 nitrogen and oxygen atoms in total. The highest BCUT2D eigenvalue weighted by Crippen LogP contribution is 2.43. The molecule has 0 aromatic heterocycles. The molecule has 0 bridgehead atoms. The third-order valence-corrected chi connectivity index (χ3v) is 6.21. The number of carbonyl (C=O) groups excluding carboxylic acids is 2. The van der Waals surface area contributed by atoms with Crippen LogP contribution in [0.2, 0.25) is 0 Å². The number of hydrogen-bond donors (Lipinski definition) is 1. The molecule has 29 heavy (non-hydrogen) atoms. The zero-order valence-electron chi connectivity index (χ0n) is 16.2. The van der Waals surface area contributed by atoms with Crippen molar-refractivity contribution in [2.75, 3.05) is 6.54 Å². The van der Waals surface area contributed by atoms with Gasteiger partial charge in [-0.15, -0.1) is 0 Å². The Balaban J connectivity index is 1.72. The third-order valence-electron chi connectivity index (χ3n) is 6.21. The van der Waals surface area contributed by atoms with Crippen LogP contribution >= 0.6 is 0 Å². The Bertz CT molecular complexity index is 873. The number of nitrogens with zero attached hydrogens (tertiary/aromatic N) is 2. The lowest BCUT2D eigenvalue weighted by Crippen LogP contribution is -2.67. The second-order valence-corrected chi connectivity index (χ2v) is 7.93. The van der Waals surface area contributed by atoms with Crippen molar-refractivity contribution in [1.29, 1.82) is 0 Å². The van der Waals surface area contributed by atoms with E-state index in [1.807, 2.05) is 60.7 Å². The van der Waals surface area contributed by atoms with Crippen LogP contribution < -0.4 is 5.11 Å². The molecule has 0 spiro atoms. The SMILES string of the molecule is O=C([O-])N(Cc1ccccc1)C1CC(O)(c2ccccc2)C2CCCCN2C1=O. The zero-order valence-corrected chi connectivity index (χ0v) is 16.2. The summed E-state index contributed by atoms with van der Waals surface area (Å²) < 4.78 is 0. The van der Waals surface area contributed by atoms with E-state index >= 15 is 0 Å². The van der Waals surface area contributed by atoms with Crippen LogP contribution in [0.5, 0.6) is 0 Å². The van der Waals surface area contributed by atoms with Gasteiger partial charge in [-0.1, -0.05) is 60.7 Å². The Morgan fingerprint density at radius 3 is 2.41 bits per heavy atom. The molecule has 0 saturated carbocycles. The number of carboxylic acid groups (broad SMARTS) is 1. The first kappa shape index (κ1) is 19.5. The molecule has 2 fully saturated rings. The number of hydrogen-bond acceptors (Lipinski definition) is 4. The minimum atomic E-state index is -1.40. The fourth-order valence-electron chi connectivity index (χ4n) is 4.76. The highest BCUT2D eigenvalue weighted by atomic mass is 16.4. The molecule has 0 radical (unpaired) electrons. The summed E-state index contributed by atoms with van der Waals surface area (Å²) in [5.41, 5.74) is 0.186. The number of rotatable bonds is 4. The van der Waals surface area contributed by atoms with Crippen LogP contribution in [0, 0.1) is 0 Å². The molecule has 4 rings (SSSR count). The summed E-state index contributed by atoms with van der Waals surface area (Å²) in [5, 5.41) is 23.8. The van der Waals surface area contributed by atoms with E-state index in [0.29, 0.717) is 18.5 Å². The maximum atomic E-state index is 13.3. The summed E-state index contributed by atoms with van der Waals surface area (Å²) in [6.07, 6.45) is 1.11. The fourth-order valence-corrected chi connectivity index (χ4v) is 4.76. The molecular weight excluding hydrogens is 368 g/mol. The van der Waals surface area contributed by atoms with Gasteiger partial charge >= 0.3 is 0 Å². The lowest BCUT2D eigenvalue weighted by atomic mass is 9.73. The van der Waals surface area contributed by atoms with E-state index < -0.39 is 17.7 Å². The molecule has 3 unspecified atom stereocenters. The Morgan fingerprint density at radius 1 is 1.10 bits per heavy atom. The van der Waals surface area contributed by atoms with Crippen LogP contribution in [0.25, 0.3) is 0 Å². The van der Waals surface area contributed by atoms with Gasteiger partial charge in [-0.05, 0) is 30.4 Å². The largest absolute Gasteiger partial charge is 0.530 e. The van der Waals surface area contributed by atoms with Crippen molar-refractivity contribution in [1.82, 2.24) is 9.80 Å². The van der Waals surface area contributed by atoms with Gasteiger partial charge in [0, 0.05) is 19.5 Å². The van der Waals surface area contributed by atoms with Crippen molar-refractivity contribution >= 4 is 12.0 Å². The Morgan fingerprint density at radius 2 is 1.76 bits per heavy atom. The summed E-state index contributed by atoms with van der Waals surface area (Å²) in [4.78, 5) is 28.1. The minimum absolute atomic E-state index is 0.0256. The highest BCUT2D eigenvalue weighted by Gasteiger charge is 2.53. The first-order valence-electron chi connectivity index (χ1n) is 10.1. The number of benzene rings is 2. The van der Waals surface area contributed by atoms with Crippen LogP contribution in [-0.4, -0.2) is 45.5 Å². The second-order valence-electron chi connectivity index (χ2n) is 7.93. The van der Waals surface area contributed by atoms with Gasteiger partial charge in [-0.2, -0.15) is 0 Å².